The zero-order chi connectivity index (χ0) is 4.50. The molecular formula is H9KN2O4P. The van der Waals surface area contributed by atoms with Crippen molar-refractivity contribution in [2.75, 3.05) is 0 Å². The molecule has 0 rings (SSSR count). The third kappa shape index (κ3) is 123. The minimum atomic E-state index is -5.14. The van der Waals surface area contributed by atoms with Gasteiger partial charge in [0.1, 0.15) is 0 Å². The summed E-state index contributed by atoms with van der Waals surface area (Å²) in [6, 6.07) is 0. The molecule has 0 amide bonds. The van der Waals surface area contributed by atoms with Crippen molar-refractivity contribution in [1.29, 1.82) is 0 Å². The van der Waals surface area contributed by atoms with Gasteiger partial charge in [0.15, 0.2) is 0 Å². The molecule has 8 heteroatoms. The molecule has 0 saturated carbocycles. The zero-order valence-corrected chi connectivity index (χ0v) is 9.14. The van der Waals surface area contributed by atoms with Gasteiger partial charge in [0, 0.05) is 51.4 Å². The fourth-order valence-electron chi connectivity index (χ4n) is 0. The van der Waals surface area contributed by atoms with Gasteiger partial charge in [0.05, 0.1) is 7.82 Å². The van der Waals surface area contributed by atoms with Crippen LogP contribution in [0.2, 0.25) is 0 Å². The fraction of sp³-hybridized carbons (Fsp3) is 0. The van der Waals surface area contributed by atoms with E-state index in [0.29, 0.717) is 0 Å². The van der Waals surface area contributed by atoms with Crippen LogP contribution in [0.1, 0.15) is 0 Å². The molecule has 0 aromatic carbocycles. The molecule has 8 heavy (non-hydrogen) atoms. The van der Waals surface area contributed by atoms with Crippen LogP contribution >= 0.6 is 7.82 Å². The molecule has 0 saturated heterocycles. The standard InChI is InChI=1S/K.2H3N.H3O4P/c;;;1-5(2,3)4/h;2*1H3;(H3,1,2,3,4). The summed E-state index contributed by atoms with van der Waals surface area (Å²) in [6.45, 7) is 0. The van der Waals surface area contributed by atoms with Gasteiger partial charge in [-0.25, -0.2) is 0 Å². The van der Waals surface area contributed by atoms with E-state index in [1.165, 1.54) is 0 Å². The van der Waals surface area contributed by atoms with E-state index in [1.807, 2.05) is 0 Å². The van der Waals surface area contributed by atoms with E-state index in [2.05, 4.69) is 0 Å². The smallest absolute Gasteiger partial charge is 0.0557 e. The molecule has 0 aromatic heterocycles. The van der Waals surface area contributed by atoms with E-state index in [-0.39, 0.29) is 63.7 Å². The quantitative estimate of drug-likeness (QED) is 0.289. The Hall–Kier alpha value is 1.67. The van der Waals surface area contributed by atoms with Crippen molar-refractivity contribution in [2.24, 2.45) is 0 Å². The summed E-state index contributed by atoms with van der Waals surface area (Å²) >= 11 is 0. The Morgan fingerprint density at radius 1 is 1.25 bits per heavy atom. The summed E-state index contributed by atoms with van der Waals surface area (Å²) in [6.07, 6.45) is 0. The third-order valence-electron chi connectivity index (χ3n) is 0. The Balaban J connectivity index is -0.0000000267. The second-order valence-corrected chi connectivity index (χ2v) is 1.41. The maximum Gasteiger partial charge on any atom is 0.0557 e. The normalized spacial score (nSPS) is 7.38. The minimum absolute atomic E-state index is 0. The van der Waals surface area contributed by atoms with Crippen LogP contribution in [0.3, 0.4) is 0 Å². The van der Waals surface area contributed by atoms with Gasteiger partial charge >= 0.3 is 0 Å². The largest absolute Gasteiger partial charge is 0.790 e. The topological polar surface area (TPSA) is 156 Å². The van der Waals surface area contributed by atoms with Gasteiger partial charge in [-0.1, -0.05) is 0 Å². The van der Waals surface area contributed by atoms with Gasteiger partial charge in [0.2, 0.25) is 0 Å². The van der Waals surface area contributed by atoms with Crippen molar-refractivity contribution in [3.63, 3.8) is 0 Å². The fourth-order valence-corrected chi connectivity index (χ4v) is 0. The van der Waals surface area contributed by atoms with Crippen molar-refractivity contribution < 1.29 is 19.2 Å². The van der Waals surface area contributed by atoms with Crippen molar-refractivity contribution in [1.82, 2.24) is 12.3 Å². The zero-order valence-electron chi connectivity index (χ0n) is 5.12. The molecule has 0 spiro atoms. The van der Waals surface area contributed by atoms with Crippen molar-refractivity contribution >= 4 is 59.2 Å². The van der Waals surface area contributed by atoms with E-state index < -0.39 is 7.82 Å². The summed E-state index contributed by atoms with van der Waals surface area (Å²) in [5, 5.41) is 0. The Kier molecular flexibility index (Phi) is 24.5. The van der Waals surface area contributed by atoms with Gasteiger partial charge in [-0.2, -0.15) is 0 Å². The van der Waals surface area contributed by atoms with E-state index in [1.54, 1.807) is 0 Å². The van der Waals surface area contributed by atoms with E-state index in [4.69, 9.17) is 19.2 Å². The second kappa shape index (κ2) is 8.67. The van der Waals surface area contributed by atoms with Crippen molar-refractivity contribution in [2.45, 2.75) is 0 Å². The molecule has 1 radical (unpaired) electrons. The van der Waals surface area contributed by atoms with E-state index >= 15 is 0 Å². The molecule has 0 fully saturated rings. The first-order chi connectivity index (χ1) is 2.00. The molecule has 0 atom stereocenters. The average Bonchev–Trinajstić information content (AvgIpc) is 0.722. The molecule has 0 bridgehead atoms. The Labute approximate surface area is 89.5 Å². The predicted molar refractivity (Wildman–Crippen MR) is 27.5 cm³/mol. The Morgan fingerprint density at radius 2 is 1.25 bits per heavy atom. The van der Waals surface area contributed by atoms with Gasteiger partial charge < -0.3 is 31.5 Å². The van der Waals surface area contributed by atoms with Crippen LogP contribution in [0.25, 0.3) is 0 Å². The average molecular weight is 171 g/mol. The van der Waals surface area contributed by atoms with Crippen molar-refractivity contribution in [3.05, 3.63) is 0 Å². The maximum atomic E-state index is 8.66. The second-order valence-electron chi connectivity index (χ2n) is 0.469. The molecule has 9 N–H and O–H groups in total. The first-order valence-corrected chi connectivity index (χ1v) is 2.24. The number of hydrogen-bond donors (Lipinski definition) is 3. The molecule has 0 aromatic rings. The van der Waals surface area contributed by atoms with Crippen LogP contribution in [0.4, 0.5) is 0 Å². The van der Waals surface area contributed by atoms with Gasteiger partial charge in [-0.05, 0) is 0 Å². The van der Waals surface area contributed by atoms with Crippen LogP contribution in [-0.4, -0.2) is 56.3 Å². The molecule has 0 unspecified atom stereocenters. The molecule has 0 aliphatic rings. The van der Waals surface area contributed by atoms with Crippen LogP contribution in [0.15, 0.2) is 0 Å². The van der Waals surface area contributed by atoms with Crippen LogP contribution < -0.4 is 22.1 Å². The minimum Gasteiger partial charge on any atom is -0.790 e. The maximum absolute atomic E-state index is 8.66. The summed E-state index contributed by atoms with van der Waals surface area (Å²) in [7, 11) is -5.14. The predicted octanol–water partition coefficient (Wildman–Crippen LogP) is -1.82. The number of hydrogen-bond acceptors (Lipinski definition) is 3. The summed E-state index contributed by atoms with van der Waals surface area (Å²) in [4.78, 5) is 24.3. The first kappa shape index (κ1) is 22.6. The molecular weight excluding hydrogens is 162 g/mol. The molecule has 0 aliphatic heterocycles. The van der Waals surface area contributed by atoms with Gasteiger partial charge in [0.25, 0.3) is 0 Å². The van der Waals surface area contributed by atoms with E-state index in [0.717, 1.165) is 0 Å². The third-order valence-corrected chi connectivity index (χ3v) is 0. The summed E-state index contributed by atoms with van der Waals surface area (Å²) in [5.41, 5.74) is 0. The Bertz CT molecular complexity index is 60.2. The number of rotatable bonds is 0. The number of phosphoric acid groups is 1. The molecule has 0 heterocycles. The molecule has 49 valence electrons. The Morgan fingerprint density at radius 3 is 1.25 bits per heavy atom. The summed E-state index contributed by atoms with van der Waals surface area (Å²) in [5.74, 6) is 0. The van der Waals surface area contributed by atoms with Gasteiger partial charge in [-0.15, -0.1) is 0 Å². The van der Waals surface area contributed by atoms with Crippen LogP contribution in [0, 0.1) is 0 Å². The molecule has 0 aliphatic carbocycles. The van der Waals surface area contributed by atoms with Crippen molar-refractivity contribution in [3.8, 4) is 0 Å². The van der Waals surface area contributed by atoms with Crippen LogP contribution in [-0.2, 0) is 4.57 Å². The van der Waals surface area contributed by atoms with E-state index in [9.17, 15) is 0 Å². The van der Waals surface area contributed by atoms with Gasteiger partial charge in [-0.3, -0.25) is 0 Å². The SMILES string of the molecule is O=P([O-])([O-])O.[K].[NH4+].[NH4+]. The first-order valence-electron chi connectivity index (χ1n) is 0.748. The molecule has 6 nitrogen and oxygen atoms in total. The van der Waals surface area contributed by atoms with Crippen LogP contribution in [0.5, 0.6) is 0 Å². The summed E-state index contributed by atoms with van der Waals surface area (Å²) < 4.78 is 8.66. The monoisotopic (exact) mass is 171 g/mol. The number of quaternary nitrogens is 2.